The second kappa shape index (κ2) is 9.76. The highest BCUT2D eigenvalue weighted by atomic mass is 16.3. The topological polar surface area (TPSA) is 35.5 Å². The van der Waals surface area contributed by atoms with Gasteiger partial charge in [0.25, 0.3) is 0 Å². The molecule has 2 atom stereocenters. The van der Waals surface area contributed by atoms with Crippen molar-refractivity contribution in [1.29, 1.82) is 0 Å². The summed E-state index contributed by atoms with van der Waals surface area (Å²) in [6.45, 7) is 15.6. The van der Waals surface area contributed by atoms with Crippen LogP contribution >= 0.6 is 0 Å². The molecule has 3 heteroatoms. The molecule has 2 N–H and O–H groups in total. The molecule has 0 bridgehead atoms. The zero-order valence-corrected chi connectivity index (χ0v) is 13.1. The van der Waals surface area contributed by atoms with E-state index in [0.29, 0.717) is 0 Å². The van der Waals surface area contributed by atoms with E-state index >= 15 is 0 Å². The predicted molar refractivity (Wildman–Crippen MR) is 80.0 cm³/mol. The zero-order chi connectivity index (χ0) is 14.0. The third-order valence-corrected chi connectivity index (χ3v) is 3.84. The zero-order valence-electron chi connectivity index (χ0n) is 13.1. The molecular formula is C15H34N2O. The van der Waals surface area contributed by atoms with E-state index in [9.17, 15) is 5.11 Å². The molecule has 0 aromatic carbocycles. The van der Waals surface area contributed by atoms with E-state index in [1.165, 1.54) is 13.0 Å². The molecule has 0 amide bonds. The third kappa shape index (κ3) is 7.34. The molecule has 0 saturated heterocycles. The fourth-order valence-corrected chi connectivity index (χ4v) is 2.00. The molecule has 0 aliphatic carbocycles. The summed E-state index contributed by atoms with van der Waals surface area (Å²) in [5.74, 6) is 0.758. The maximum absolute atomic E-state index is 9.54. The number of aliphatic hydroxyl groups is 1. The molecule has 3 nitrogen and oxygen atoms in total. The van der Waals surface area contributed by atoms with Crippen molar-refractivity contribution < 1.29 is 5.11 Å². The van der Waals surface area contributed by atoms with Crippen LogP contribution in [0.4, 0.5) is 0 Å². The Hall–Kier alpha value is -0.120. The molecule has 0 aromatic rings. The molecule has 0 aromatic heterocycles. The van der Waals surface area contributed by atoms with Gasteiger partial charge < -0.3 is 15.3 Å². The number of nitrogens with zero attached hydrogens (tertiary/aromatic N) is 1. The fourth-order valence-electron chi connectivity index (χ4n) is 2.00. The average molecular weight is 258 g/mol. The molecule has 0 spiro atoms. The molecule has 0 saturated carbocycles. The van der Waals surface area contributed by atoms with Crippen molar-refractivity contribution in [2.45, 2.75) is 59.4 Å². The maximum atomic E-state index is 9.54. The van der Waals surface area contributed by atoms with Gasteiger partial charge in [0.2, 0.25) is 0 Å². The van der Waals surface area contributed by atoms with Crippen molar-refractivity contribution >= 4 is 0 Å². The van der Waals surface area contributed by atoms with Gasteiger partial charge in [-0.1, -0.05) is 34.1 Å². The van der Waals surface area contributed by atoms with Crippen LogP contribution in [0.1, 0.15) is 53.9 Å². The fraction of sp³-hybridized carbons (Fsp3) is 1.00. The maximum Gasteiger partial charge on any atom is 0.0611 e. The van der Waals surface area contributed by atoms with E-state index in [4.69, 9.17) is 0 Å². The third-order valence-electron chi connectivity index (χ3n) is 3.84. The lowest BCUT2D eigenvalue weighted by atomic mass is 9.98. The molecule has 0 fully saturated rings. The highest BCUT2D eigenvalue weighted by molar-refractivity contribution is 4.83. The molecule has 0 heterocycles. The van der Waals surface area contributed by atoms with Crippen molar-refractivity contribution in [3.05, 3.63) is 0 Å². The minimum absolute atomic E-state index is 0.126. The van der Waals surface area contributed by atoms with E-state index in [-0.39, 0.29) is 12.1 Å². The van der Waals surface area contributed by atoms with Gasteiger partial charge in [-0.05, 0) is 45.3 Å². The number of hydrogen-bond acceptors (Lipinski definition) is 3. The minimum atomic E-state index is -0.126. The Kier molecular flexibility index (Phi) is 9.70. The monoisotopic (exact) mass is 258 g/mol. The van der Waals surface area contributed by atoms with Gasteiger partial charge in [-0.15, -0.1) is 0 Å². The Morgan fingerprint density at radius 1 is 1.28 bits per heavy atom. The number of hydrogen-bond donors (Lipinski definition) is 2. The number of nitrogens with one attached hydrogen (secondary N) is 1. The van der Waals surface area contributed by atoms with Gasteiger partial charge in [-0.25, -0.2) is 0 Å². The highest BCUT2D eigenvalue weighted by Gasteiger charge is 2.23. The summed E-state index contributed by atoms with van der Waals surface area (Å²) < 4.78 is 0. The van der Waals surface area contributed by atoms with Gasteiger partial charge in [0.05, 0.1) is 6.61 Å². The standard InChI is InChI=1S/C15H34N2O/c1-6-10-16-15(5,13-18)9-11-17(8-3)12-14(4)7-2/h14,16,18H,6-13H2,1-5H3. The summed E-state index contributed by atoms with van der Waals surface area (Å²) in [4.78, 5) is 2.50. The number of rotatable bonds is 11. The van der Waals surface area contributed by atoms with Gasteiger partial charge >= 0.3 is 0 Å². The lowest BCUT2D eigenvalue weighted by Crippen LogP contribution is -2.48. The molecule has 0 radical (unpaired) electrons. The summed E-state index contributed by atoms with van der Waals surface area (Å²) in [7, 11) is 0. The lowest BCUT2D eigenvalue weighted by molar-refractivity contribution is 0.141. The predicted octanol–water partition coefficient (Wildman–Crippen LogP) is 2.50. The molecule has 0 rings (SSSR count). The smallest absolute Gasteiger partial charge is 0.0611 e. The number of aliphatic hydroxyl groups excluding tert-OH is 1. The molecular weight excluding hydrogens is 224 g/mol. The van der Waals surface area contributed by atoms with E-state index < -0.39 is 0 Å². The molecule has 2 unspecified atom stereocenters. The van der Waals surface area contributed by atoms with Crippen molar-refractivity contribution in [3.8, 4) is 0 Å². The van der Waals surface area contributed by atoms with Crippen LogP contribution in [0.25, 0.3) is 0 Å². The summed E-state index contributed by atoms with van der Waals surface area (Å²) in [6, 6.07) is 0. The van der Waals surface area contributed by atoms with Crippen molar-refractivity contribution in [2.24, 2.45) is 5.92 Å². The SMILES string of the molecule is CCCNC(C)(CO)CCN(CC)CC(C)CC. The Labute approximate surface area is 114 Å². The van der Waals surface area contributed by atoms with Crippen molar-refractivity contribution in [2.75, 3.05) is 32.8 Å². The van der Waals surface area contributed by atoms with Crippen LogP contribution in [0.3, 0.4) is 0 Å². The summed E-state index contributed by atoms with van der Waals surface area (Å²) in [5, 5.41) is 13.0. The van der Waals surface area contributed by atoms with Gasteiger partial charge in [0.1, 0.15) is 0 Å². The largest absolute Gasteiger partial charge is 0.394 e. The van der Waals surface area contributed by atoms with E-state index in [1.54, 1.807) is 0 Å². The van der Waals surface area contributed by atoms with Crippen LogP contribution in [0.2, 0.25) is 0 Å². The Balaban J connectivity index is 4.14. The Morgan fingerprint density at radius 2 is 1.94 bits per heavy atom. The van der Waals surface area contributed by atoms with Crippen LogP contribution < -0.4 is 5.32 Å². The molecule has 0 aliphatic heterocycles. The van der Waals surface area contributed by atoms with Crippen molar-refractivity contribution in [3.63, 3.8) is 0 Å². The van der Waals surface area contributed by atoms with Gasteiger partial charge in [0, 0.05) is 12.1 Å². The first kappa shape index (κ1) is 17.9. The first-order chi connectivity index (χ1) is 8.51. The molecule has 110 valence electrons. The quantitative estimate of drug-likeness (QED) is 0.598. The van der Waals surface area contributed by atoms with Crippen molar-refractivity contribution in [1.82, 2.24) is 10.2 Å². The van der Waals surface area contributed by atoms with Gasteiger partial charge in [0.15, 0.2) is 0 Å². The van der Waals surface area contributed by atoms with Gasteiger partial charge in [-0.3, -0.25) is 0 Å². The van der Waals surface area contributed by atoms with Gasteiger partial charge in [-0.2, -0.15) is 0 Å². The highest BCUT2D eigenvalue weighted by Crippen LogP contribution is 2.12. The van der Waals surface area contributed by atoms with E-state index in [1.807, 2.05) is 0 Å². The molecule has 0 aliphatic rings. The van der Waals surface area contributed by atoms with Crippen LogP contribution in [0.15, 0.2) is 0 Å². The average Bonchev–Trinajstić information content (AvgIpc) is 2.40. The summed E-state index contributed by atoms with van der Waals surface area (Å²) in [6.07, 6.45) is 3.36. The van der Waals surface area contributed by atoms with Crippen LogP contribution in [0, 0.1) is 5.92 Å². The molecule has 18 heavy (non-hydrogen) atoms. The Bertz CT molecular complexity index is 199. The first-order valence-electron chi connectivity index (χ1n) is 7.59. The summed E-state index contributed by atoms with van der Waals surface area (Å²) in [5.41, 5.74) is -0.126. The Morgan fingerprint density at radius 3 is 2.39 bits per heavy atom. The normalized spacial score (nSPS) is 16.8. The lowest BCUT2D eigenvalue weighted by Gasteiger charge is -2.32. The van der Waals surface area contributed by atoms with E-state index in [2.05, 4.69) is 44.8 Å². The summed E-state index contributed by atoms with van der Waals surface area (Å²) >= 11 is 0. The van der Waals surface area contributed by atoms with Crippen LogP contribution in [-0.4, -0.2) is 48.3 Å². The van der Waals surface area contributed by atoms with E-state index in [0.717, 1.165) is 38.4 Å². The first-order valence-corrected chi connectivity index (χ1v) is 7.59. The second-order valence-corrected chi connectivity index (χ2v) is 5.80. The minimum Gasteiger partial charge on any atom is -0.394 e. The second-order valence-electron chi connectivity index (χ2n) is 5.80. The van der Waals surface area contributed by atoms with Crippen LogP contribution in [-0.2, 0) is 0 Å². The van der Waals surface area contributed by atoms with Crippen LogP contribution in [0.5, 0.6) is 0 Å².